The van der Waals surface area contributed by atoms with E-state index < -0.39 is 11.3 Å². The van der Waals surface area contributed by atoms with Crippen molar-refractivity contribution < 1.29 is 14.1 Å². The highest BCUT2D eigenvalue weighted by Crippen LogP contribution is 2.33. The van der Waals surface area contributed by atoms with Crippen LogP contribution in [0.2, 0.25) is 0 Å². The number of benzene rings is 2. The van der Waals surface area contributed by atoms with E-state index in [1.54, 1.807) is 24.3 Å². The van der Waals surface area contributed by atoms with Gasteiger partial charge >= 0.3 is 0 Å². The lowest BCUT2D eigenvalue weighted by atomic mass is 10.1. The fraction of sp³-hybridized carbons (Fsp3) is 0.0714. The van der Waals surface area contributed by atoms with Crippen LogP contribution in [0.15, 0.2) is 53.5 Å². The molecule has 0 bridgehead atoms. The van der Waals surface area contributed by atoms with Gasteiger partial charge in [0.05, 0.1) is 4.92 Å². The van der Waals surface area contributed by atoms with Crippen LogP contribution in [0.1, 0.15) is 5.56 Å². The van der Waals surface area contributed by atoms with Crippen LogP contribution in [-0.4, -0.2) is 17.0 Å². The Labute approximate surface area is 113 Å². The monoisotopic (exact) mass is 272 g/mol. The van der Waals surface area contributed by atoms with Crippen molar-refractivity contribution in [1.82, 2.24) is 0 Å². The molecule has 2 aromatic rings. The Kier molecular flexibility index (Phi) is 2.90. The number of hydrogen-bond acceptors (Lipinski definition) is 4. The predicted molar refractivity (Wildman–Crippen MR) is 71.3 cm³/mol. The van der Waals surface area contributed by atoms with Gasteiger partial charge in [-0.05, 0) is 24.3 Å². The molecule has 6 heteroatoms. The standard InChI is InChI=1S/C14H9FN2O3/c15-14-13(9-5-7-10(8-6-9)17(18)19)16-11-3-1-2-4-12(11)20-14/h1-8,14H. The van der Waals surface area contributed by atoms with Gasteiger partial charge in [-0.3, -0.25) is 10.1 Å². The van der Waals surface area contributed by atoms with Crippen LogP contribution in [0.25, 0.3) is 0 Å². The summed E-state index contributed by atoms with van der Waals surface area (Å²) in [6, 6.07) is 12.4. The van der Waals surface area contributed by atoms with Gasteiger partial charge in [0.1, 0.15) is 17.1 Å². The average Bonchev–Trinajstić information content (AvgIpc) is 2.46. The molecule has 0 radical (unpaired) electrons. The molecule has 5 nitrogen and oxygen atoms in total. The van der Waals surface area contributed by atoms with Crippen molar-refractivity contribution in [2.75, 3.05) is 0 Å². The molecule has 1 aliphatic rings. The second-order valence-corrected chi connectivity index (χ2v) is 4.20. The van der Waals surface area contributed by atoms with E-state index in [4.69, 9.17) is 4.74 Å². The van der Waals surface area contributed by atoms with E-state index in [1.165, 1.54) is 24.3 Å². The summed E-state index contributed by atoms with van der Waals surface area (Å²) in [6.07, 6.45) is -1.69. The first kappa shape index (κ1) is 12.3. The van der Waals surface area contributed by atoms with Crippen LogP contribution in [0, 0.1) is 10.1 Å². The van der Waals surface area contributed by atoms with Gasteiger partial charge in [0.25, 0.3) is 12.0 Å². The number of rotatable bonds is 2. The van der Waals surface area contributed by atoms with Crippen LogP contribution >= 0.6 is 0 Å². The molecule has 20 heavy (non-hydrogen) atoms. The van der Waals surface area contributed by atoms with E-state index >= 15 is 0 Å². The molecule has 0 saturated heterocycles. The van der Waals surface area contributed by atoms with Gasteiger partial charge in [0.15, 0.2) is 0 Å². The topological polar surface area (TPSA) is 64.7 Å². The molecule has 1 unspecified atom stereocenters. The van der Waals surface area contributed by atoms with E-state index in [1.807, 2.05) is 0 Å². The second-order valence-electron chi connectivity index (χ2n) is 4.20. The summed E-state index contributed by atoms with van der Waals surface area (Å²) in [5.41, 5.74) is 1.05. The lowest BCUT2D eigenvalue weighted by Crippen LogP contribution is -2.26. The van der Waals surface area contributed by atoms with Crippen molar-refractivity contribution in [3.05, 3.63) is 64.2 Å². The number of para-hydroxylation sites is 2. The minimum atomic E-state index is -1.69. The number of nitro groups is 1. The molecule has 0 spiro atoms. The minimum Gasteiger partial charge on any atom is -0.452 e. The third kappa shape index (κ3) is 2.11. The molecule has 3 rings (SSSR count). The molecule has 0 N–H and O–H groups in total. The lowest BCUT2D eigenvalue weighted by molar-refractivity contribution is -0.384. The number of fused-ring (bicyclic) bond motifs is 1. The highest BCUT2D eigenvalue weighted by atomic mass is 19.1. The van der Waals surface area contributed by atoms with Gasteiger partial charge < -0.3 is 4.74 Å². The SMILES string of the molecule is O=[N+]([O-])c1ccc(C2=Nc3ccccc3OC2F)cc1. The molecule has 1 atom stereocenters. The maximum Gasteiger partial charge on any atom is 0.281 e. The summed E-state index contributed by atoms with van der Waals surface area (Å²) < 4.78 is 19.1. The molecular formula is C14H9FN2O3. The van der Waals surface area contributed by atoms with Gasteiger partial charge in [-0.1, -0.05) is 12.1 Å². The quantitative estimate of drug-likeness (QED) is 0.621. The second kappa shape index (κ2) is 4.73. The third-order valence-corrected chi connectivity index (χ3v) is 2.93. The summed E-state index contributed by atoms with van der Waals surface area (Å²) in [5, 5.41) is 10.6. The fourth-order valence-corrected chi connectivity index (χ4v) is 1.95. The first-order valence-electron chi connectivity index (χ1n) is 5.88. The molecular weight excluding hydrogens is 263 g/mol. The number of hydrogen-bond donors (Lipinski definition) is 0. The smallest absolute Gasteiger partial charge is 0.281 e. The van der Waals surface area contributed by atoms with Crippen LogP contribution in [-0.2, 0) is 0 Å². The van der Waals surface area contributed by atoms with Crippen LogP contribution in [0.3, 0.4) is 0 Å². The van der Waals surface area contributed by atoms with E-state index in [0.29, 0.717) is 17.0 Å². The Balaban J connectivity index is 2.01. The summed E-state index contributed by atoms with van der Waals surface area (Å²) >= 11 is 0. The van der Waals surface area contributed by atoms with E-state index in [2.05, 4.69) is 4.99 Å². The number of nitrogens with zero attached hydrogens (tertiary/aromatic N) is 2. The third-order valence-electron chi connectivity index (χ3n) is 2.93. The summed E-state index contributed by atoms with van der Waals surface area (Å²) in [4.78, 5) is 14.3. The molecule has 0 saturated carbocycles. The highest BCUT2D eigenvalue weighted by molar-refractivity contribution is 6.05. The van der Waals surface area contributed by atoms with Crippen molar-refractivity contribution in [2.24, 2.45) is 4.99 Å². The Bertz CT molecular complexity index is 698. The molecule has 2 aromatic carbocycles. The molecule has 1 heterocycles. The summed E-state index contributed by atoms with van der Waals surface area (Å²) in [7, 11) is 0. The first-order chi connectivity index (χ1) is 9.65. The van der Waals surface area contributed by atoms with Crippen molar-refractivity contribution in [3.8, 4) is 5.75 Å². The number of aliphatic imine (C=N–C) groups is 1. The molecule has 0 amide bonds. The number of nitro benzene ring substituents is 1. The minimum absolute atomic E-state index is 0.0538. The fourth-order valence-electron chi connectivity index (χ4n) is 1.95. The normalized spacial score (nSPS) is 16.9. The van der Waals surface area contributed by atoms with Gasteiger partial charge in [-0.25, -0.2) is 4.99 Å². The number of alkyl halides is 1. The molecule has 0 fully saturated rings. The van der Waals surface area contributed by atoms with Gasteiger partial charge in [-0.15, -0.1) is 0 Å². The van der Waals surface area contributed by atoms with Crippen LogP contribution in [0.5, 0.6) is 5.75 Å². The Morgan fingerprint density at radius 1 is 1.15 bits per heavy atom. The van der Waals surface area contributed by atoms with Crippen LogP contribution in [0.4, 0.5) is 15.8 Å². The largest absolute Gasteiger partial charge is 0.452 e. The summed E-state index contributed by atoms with van der Waals surface area (Å²) in [6.45, 7) is 0. The zero-order valence-corrected chi connectivity index (χ0v) is 10.2. The van der Waals surface area contributed by atoms with Crippen LogP contribution < -0.4 is 4.74 Å². The average molecular weight is 272 g/mol. The van der Waals surface area contributed by atoms with Gasteiger partial charge in [-0.2, -0.15) is 4.39 Å². The Morgan fingerprint density at radius 2 is 1.85 bits per heavy atom. The summed E-state index contributed by atoms with van der Waals surface area (Å²) in [5.74, 6) is 0.380. The number of ether oxygens (including phenoxy) is 1. The van der Waals surface area contributed by atoms with Crippen molar-refractivity contribution >= 4 is 17.1 Å². The molecule has 0 aliphatic carbocycles. The Hall–Kier alpha value is -2.76. The van der Waals surface area contributed by atoms with E-state index in [-0.39, 0.29) is 11.4 Å². The zero-order chi connectivity index (χ0) is 14.1. The predicted octanol–water partition coefficient (Wildman–Crippen LogP) is 3.40. The van der Waals surface area contributed by atoms with Crippen molar-refractivity contribution in [1.29, 1.82) is 0 Å². The van der Waals surface area contributed by atoms with Gasteiger partial charge in [0, 0.05) is 17.7 Å². The van der Waals surface area contributed by atoms with Gasteiger partial charge in [0.2, 0.25) is 0 Å². The maximum atomic E-state index is 14.0. The van der Waals surface area contributed by atoms with Crippen molar-refractivity contribution in [3.63, 3.8) is 0 Å². The molecule has 100 valence electrons. The number of halogens is 1. The van der Waals surface area contributed by atoms with E-state index in [0.717, 1.165) is 0 Å². The number of non-ortho nitro benzene ring substituents is 1. The zero-order valence-electron chi connectivity index (χ0n) is 10.2. The molecule has 1 aliphatic heterocycles. The first-order valence-corrected chi connectivity index (χ1v) is 5.88. The molecule has 0 aromatic heterocycles. The Morgan fingerprint density at radius 3 is 2.55 bits per heavy atom. The maximum absolute atomic E-state index is 14.0. The van der Waals surface area contributed by atoms with Crippen molar-refractivity contribution in [2.45, 2.75) is 6.36 Å². The van der Waals surface area contributed by atoms with E-state index in [9.17, 15) is 14.5 Å². The lowest BCUT2D eigenvalue weighted by Gasteiger charge is -2.20. The highest BCUT2D eigenvalue weighted by Gasteiger charge is 2.25.